The number of hydrogen-bond donors (Lipinski definition) is 2. The number of amides is 1. The van der Waals surface area contributed by atoms with Gasteiger partial charge >= 0.3 is 0 Å². The topological polar surface area (TPSA) is 49.3 Å². The number of halogens is 1. The average molecular weight is 333 g/mol. The van der Waals surface area contributed by atoms with Crippen LogP contribution in [-0.2, 0) is 5.75 Å². The van der Waals surface area contributed by atoms with Crippen molar-refractivity contribution in [1.82, 2.24) is 5.32 Å². The van der Waals surface area contributed by atoms with Crippen LogP contribution in [0.25, 0.3) is 0 Å². The van der Waals surface area contributed by atoms with Crippen LogP contribution >= 0.6 is 11.8 Å². The largest absolute Gasteiger partial charge is 0.386 e. The molecule has 2 aromatic carbocycles. The number of hydrogen-bond acceptors (Lipinski definition) is 3. The number of aliphatic hydroxyl groups excluding tert-OH is 1. The summed E-state index contributed by atoms with van der Waals surface area (Å²) >= 11 is 1.82. The van der Waals surface area contributed by atoms with E-state index in [9.17, 15) is 14.3 Å². The molecule has 23 heavy (non-hydrogen) atoms. The Morgan fingerprint density at radius 1 is 1.22 bits per heavy atom. The molecule has 122 valence electrons. The summed E-state index contributed by atoms with van der Waals surface area (Å²) in [7, 11) is 0. The van der Waals surface area contributed by atoms with Crippen molar-refractivity contribution in [3.63, 3.8) is 0 Å². The first-order chi connectivity index (χ1) is 11.1. The van der Waals surface area contributed by atoms with Crippen LogP contribution in [0.3, 0.4) is 0 Å². The minimum absolute atomic E-state index is 0.0345. The second-order valence-electron chi connectivity index (χ2n) is 5.08. The van der Waals surface area contributed by atoms with E-state index in [4.69, 9.17) is 0 Å². The van der Waals surface area contributed by atoms with Crippen molar-refractivity contribution in [2.45, 2.75) is 18.8 Å². The molecule has 2 N–H and O–H groups in total. The van der Waals surface area contributed by atoms with Crippen LogP contribution in [0.4, 0.5) is 4.39 Å². The van der Waals surface area contributed by atoms with Gasteiger partial charge in [-0.15, -0.1) is 0 Å². The van der Waals surface area contributed by atoms with Crippen LogP contribution in [0.1, 0.15) is 34.5 Å². The van der Waals surface area contributed by atoms with Crippen LogP contribution < -0.4 is 5.32 Å². The number of benzene rings is 2. The van der Waals surface area contributed by atoms with Crippen molar-refractivity contribution < 1.29 is 14.3 Å². The molecule has 0 aliphatic rings. The maximum atomic E-state index is 13.6. The lowest BCUT2D eigenvalue weighted by Gasteiger charge is -2.13. The molecule has 3 nitrogen and oxygen atoms in total. The van der Waals surface area contributed by atoms with Gasteiger partial charge in [-0.3, -0.25) is 4.79 Å². The quantitative estimate of drug-likeness (QED) is 0.815. The number of nitrogens with one attached hydrogen (secondary N) is 1. The Morgan fingerprint density at radius 2 is 1.91 bits per heavy atom. The highest BCUT2D eigenvalue weighted by Crippen LogP contribution is 2.16. The lowest BCUT2D eigenvalue weighted by Crippen LogP contribution is -2.28. The highest BCUT2D eigenvalue weighted by atomic mass is 32.2. The summed E-state index contributed by atoms with van der Waals surface area (Å²) < 4.78 is 13.6. The molecule has 5 heteroatoms. The predicted octanol–water partition coefficient (Wildman–Crippen LogP) is 3.54. The van der Waals surface area contributed by atoms with Gasteiger partial charge in [0.05, 0.1) is 6.10 Å². The van der Waals surface area contributed by atoms with Gasteiger partial charge in [-0.05, 0) is 29.5 Å². The van der Waals surface area contributed by atoms with Crippen LogP contribution in [0, 0.1) is 5.82 Å². The SMILES string of the molecule is CCSCc1ccc(C(=O)NCC(O)c2ccccc2F)cc1. The monoisotopic (exact) mass is 333 g/mol. The van der Waals surface area contributed by atoms with Crippen LogP contribution in [0.5, 0.6) is 0 Å². The fraction of sp³-hybridized carbons (Fsp3) is 0.278. The van der Waals surface area contributed by atoms with E-state index in [2.05, 4.69) is 12.2 Å². The fourth-order valence-electron chi connectivity index (χ4n) is 2.12. The number of thioether (sulfide) groups is 1. The Hall–Kier alpha value is -1.85. The molecule has 0 saturated heterocycles. The molecule has 0 radical (unpaired) electrons. The molecule has 0 aromatic heterocycles. The van der Waals surface area contributed by atoms with Gasteiger partial charge in [-0.1, -0.05) is 37.3 Å². The summed E-state index contributed by atoms with van der Waals surface area (Å²) in [4.78, 5) is 12.1. The van der Waals surface area contributed by atoms with Crippen molar-refractivity contribution in [1.29, 1.82) is 0 Å². The van der Waals surface area contributed by atoms with Crippen molar-refractivity contribution >= 4 is 17.7 Å². The molecular formula is C18H20FNO2S. The van der Waals surface area contributed by atoms with E-state index in [1.807, 2.05) is 23.9 Å². The van der Waals surface area contributed by atoms with Crippen LogP contribution in [-0.4, -0.2) is 23.3 Å². The van der Waals surface area contributed by atoms with E-state index in [1.54, 1.807) is 24.3 Å². The third-order valence-corrected chi connectivity index (χ3v) is 4.35. The summed E-state index contributed by atoms with van der Waals surface area (Å²) in [5, 5.41) is 12.6. The molecular weight excluding hydrogens is 313 g/mol. The minimum atomic E-state index is -1.07. The van der Waals surface area contributed by atoms with E-state index in [0.717, 1.165) is 11.5 Å². The lowest BCUT2D eigenvalue weighted by atomic mass is 10.1. The first-order valence-electron chi connectivity index (χ1n) is 7.49. The molecule has 1 atom stereocenters. The Morgan fingerprint density at radius 3 is 2.57 bits per heavy atom. The van der Waals surface area contributed by atoms with Crippen molar-refractivity contribution in [3.8, 4) is 0 Å². The third-order valence-electron chi connectivity index (χ3n) is 3.41. The van der Waals surface area contributed by atoms with E-state index in [0.29, 0.717) is 5.56 Å². The van der Waals surface area contributed by atoms with Crippen molar-refractivity contribution in [2.24, 2.45) is 0 Å². The number of aliphatic hydroxyl groups is 1. The van der Waals surface area contributed by atoms with Gasteiger partial charge in [0.15, 0.2) is 0 Å². The van der Waals surface area contributed by atoms with Crippen molar-refractivity contribution in [2.75, 3.05) is 12.3 Å². The zero-order valence-electron chi connectivity index (χ0n) is 13.0. The minimum Gasteiger partial charge on any atom is -0.386 e. The van der Waals surface area contributed by atoms with Gasteiger partial charge in [0.25, 0.3) is 5.91 Å². The molecule has 0 fully saturated rings. The highest BCUT2D eigenvalue weighted by molar-refractivity contribution is 7.98. The average Bonchev–Trinajstić information content (AvgIpc) is 2.58. The van der Waals surface area contributed by atoms with Gasteiger partial charge in [-0.2, -0.15) is 11.8 Å². The summed E-state index contributed by atoms with van der Waals surface area (Å²) in [6.45, 7) is 2.07. The molecule has 1 unspecified atom stereocenters. The molecule has 2 rings (SSSR count). The molecule has 1 amide bonds. The van der Waals surface area contributed by atoms with Crippen molar-refractivity contribution in [3.05, 3.63) is 71.0 Å². The maximum absolute atomic E-state index is 13.6. The first-order valence-corrected chi connectivity index (χ1v) is 8.64. The zero-order valence-corrected chi connectivity index (χ0v) is 13.8. The van der Waals surface area contributed by atoms with Gasteiger partial charge in [0.2, 0.25) is 0 Å². The maximum Gasteiger partial charge on any atom is 0.251 e. The lowest BCUT2D eigenvalue weighted by molar-refractivity contribution is 0.0914. The van der Waals surface area contributed by atoms with E-state index in [1.165, 1.54) is 17.7 Å². The molecule has 0 heterocycles. The van der Waals surface area contributed by atoms with Gasteiger partial charge < -0.3 is 10.4 Å². The fourth-order valence-corrected chi connectivity index (χ4v) is 2.75. The molecule has 0 bridgehead atoms. The molecule has 0 saturated carbocycles. The summed E-state index contributed by atoms with van der Waals surface area (Å²) in [5.74, 6) is 1.21. The number of carbonyl (C=O) groups excluding carboxylic acids is 1. The summed E-state index contributed by atoms with van der Waals surface area (Å²) in [5.41, 5.74) is 1.87. The number of rotatable bonds is 7. The van der Waals surface area contributed by atoms with E-state index >= 15 is 0 Å². The Kier molecular flexibility index (Phi) is 6.62. The molecule has 0 aliphatic heterocycles. The molecule has 2 aromatic rings. The Labute approximate surface area is 139 Å². The molecule has 0 aliphatic carbocycles. The Bertz CT molecular complexity index is 646. The number of carbonyl (C=O) groups is 1. The standard InChI is InChI=1S/C18H20FNO2S/c1-2-23-12-13-7-9-14(10-8-13)18(22)20-11-17(21)15-5-3-4-6-16(15)19/h3-10,17,21H,2,11-12H2,1H3,(H,20,22). The summed E-state index contributed by atoms with van der Waals surface area (Å²) in [6.07, 6.45) is -1.07. The van der Waals surface area contributed by atoms with E-state index < -0.39 is 11.9 Å². The smallest absolute Gasteiger partial charge is 0.251 e. The van der Waals surface area contributed by atoms with Gasteiger partial charge in [0, 0.05) is 23.4 Å². The normalized spacial score (nSPS) is 12.0. The van der Waals surface area contributed by atoms with Crippen LogP contribution in [0.2, 0.25) is 0 Å². The Balaban J connectivity index is 1.90. The van der Waals surface area contributed by atoms with Gasteiger partial charge in [-0.25, -0.2) is 4.39 Å². The second-order valence-corrected chi connectivity index (χ2v) is 6.36. The second kappa shape index (κ2) is 8.70. The van der Waals surface area contributed by atoms with Crippen LogP contribution in [0.15, 0.2) is 48.5 Å². The third kappa shape index (κ3) is 5.08. The molecule has 0 spiro atoms. The predicted molar refractivity (Wildman–Crippen MR) is 92.0 cm³/mol. The summed E-state index contributed by atoms with van der Waals surface area (Å²) in [6, 6.07) is 13.4. The first kappa shape index (κ1) is 17.5. The highest BCUT2D eigenvalue weighted by Gasteiger charge is 2.14. The zero-order chi connectivity index (χ0) is 16.7. The van der Waals surface area contributed by atoms with Gasteiger partial charge in [0.1, 0.15) is 5.82 Å². The van der Waals surface area contributed by atoms with E-state index in [-0.39, 0.29) is 18.0 Å².